The number of rotatable bonds is 4. The minimum Gasteiger partial charge on any atom is -0.489 e. The SMILES string of the molecule is COC(=O)C1CCc2c(OCc3ccccc3)cccc2C1=O. The first kappa shape index (κ1) is 15.3. The number of ether oxygens (including phenoxy) is 2. The first-order valence-electron chi connectivity index (χ1n) is 7.61. The fraction of sp³-hybridized carbons (Fsp3) is 0.263. The quantitative estimate of drug-likeness (QED) is 0.643. The molecule has 3 rings (SSSR count). The van der Waals surface area contributed by atoms with Crippen LogP contribution < -0.4 is 4.74 Å². The molecule has 0 amide bonds. The molecule has 0 spiro atoms. The molecule has 4 heteroatoms. The van der Waals surface area contributed by atoms with Gasteiger partial charge in [-0.3, -0.25) is 9.59 Å². The summed E-state index contributed by atoms with van der Waals surface area (Å²) in [5.41, 5.74) is 2.52. The number of carbonyl (C=O) groups excluding carboxylic acids is 2. The lowest BCUT2D eigenvalue weighted by Gasteiger charge is -2.23. The summed E-state index contributed by atoms with van der Waals surface area (Å²) in [7, 11) is 1.31. The molecule has 0 heterocycles. The van der Waals surface area contributed by atoms with Gasteiger partial charge in [-0.25, -0.2) is 0 Å². The Balaban J connectivity index is 1.82. The highest BCUT2D eigenvalue weighted by Crippen LogP contribution is 2.33. The van der Waals surface area contributed by atoms with Crippen molar-refractivity contribution in [3.63, 3.8) is 0 Å². The zero-order chi connectivity index (χ0) is 16.2. The van der Waals surface area contributed by atoms with Gasteiger partial charge in [-0.05, 0) is 24.5 Å². The summed E-state index contributed by atoms with van der Waals surface area (Å²) in [6.07, 6.45) is 1.09. The average molecular weight is 310 g/mol. The fourth-order valence-corrected chi connectivity index (χ4v) is 2.90. The van der Waals surface area contributed by atoms with Gasteiger partial charge in [0.15, 0.2) is 5.78 Å². The molecular weight excluding hydrogens is 292 g/mol. The Bertz CT molecular complexity index is 721. The van der Waals surface area contributed by atoms with Crippen molar-refractivity contribution in [1.29, 1.82) is 0 Å². The van der Waals surface area contributed by atoms with Crippen molar-refractivity contribution in [3.8, 4) is 5.75 Å². The van der Waals surface area contributed by atoms with Crippen molar-refractivity contribution >= 4 is 11.8 Å². The number of carbonyl (C=O) groups is 2. The third-order valence-electron chi connectivity index (χ3n) is 4.12. The lowest BCUT2D eigenvalue weighted by Crippen LogP contribution is -2.30. The lowest BCUT2D eigenvalue weighted by atomic mass is 9.82. The number of fused-ring (bicyclic) bond motifs is 1. The van der Waals surface area contributed by atoms with Gasteiger partial charge in [0.1, 0.15) is 18.3 Å². The smallest absolute Gasteiger partial charge is 0.316 e. The predicted octanol–water partition coefficient (Wildman–Crippen LogP) is 3.18. The molecule has 2 aromatic carbocycles. The Morgan fingerprint density at radius 1 is 1.13 bits per heavy atom. The summed E-state index contributed by atoms with van der Waals surface area (Å²) in [4.78, 5) is 24.2. The zero-order valence-corrected chi connectivity index (χ0v) is 13.0. The fourth-order valence-electron chi connectivity index (χ4n) is 2.90. The van der Waals surface area contributed by atoms with Gasteiger partial charge < -0.3 is 9.47 Å². The Morgan fingerprint density at radius 3 is 2.65 bits per heavy atom. The second-order valence-corrected chi connectivity index (χ2v) is 5.54. The van der Waals surface area contributed by atoms with E-state index in [1.807, 2.05) is 36.4 Å². The van der Waals surface area contributed by atoms with Crippen LogP contribution in [0.3, 0.4) is 0 Å². The summed E-state index contributed by atoms with van der Waals surface area (Å²) >= 11 is 0. The Morgan fingerprint density at radius 2 is 1.91 bits per heavy atom. The standard InChI is InChI=1S/C19H18O4/c1-22-19(21)16-11-10-14-15(18(16)20)8-5-9-17(14)23-12-13-6-3-2-4-7-13/h2-9,16H,10-12H2,1H3. The van der Waals surface area contributed by atoms with E-state index in [-0.39, 0.29) is 5.78 Å². The second-order valence-electron chi connectivity index (χ2n) is 5.54. The monoisotopic (exact) mass is 310 g/mol. The van der Waals surface area contributed by atoms with Crippen LogP contribution in [0.15, 0.2) is 48.5 Å². The van der Waals surface area contributed by atoms with Crippen LogP contribution >= 0.6 is 0 Å². The third kappa shape index (κ3) is 3.11. The predicted molar refractivity (Wildman–Crippen MR) is 85.4 cm³/mol. The molecule has 0 aromatic heterocycles. The summed E-state index contributed by atoms with van der Waals surface area (Å²) < 4.78 is 10.6. The molecule has 1 aliphatic carbocycles. The normalized spacial score (nSPS) is 16.6. The first-order chi connectivity index (χ1) is 11.2. The molecule has 0 aliphatic heterocycles. The molecule has 1 aliphatic rings. The van der Waals surface area contributed by atoms with Crippen LogP contribution in [0.2, 0.25) is 0 Å². The van der Waals surface area contributed by atoms with E-state index in [0.29, 0.717) is 30.8 Å². The second kappa shape index (κ2) is 6.65. The minimum absolute atomic E-state index is 0.178. The Kier molecular flexibility index (Phi) is 4.42. The molecular formula is C19H18O4. The molecule has 118 valence electrons. The van der Waals surface area contributed by atoms with E-state index in [0.717, 1.165) is 11.1 Å². The van der Waals surface area contributed by atoms with E-state index < -0.39 is 11.9 Å². The number of hydrogen-bond acceptors (Lipinski definition) is 4. The van der Waals surface area contributed by atoms with E-state index in [1.54, 1.807) is 12.1 Å². The number of ketones is 1. The van der Waals surface area contributed by atoms with E-state index in [1.165, 1.54) is 7.11 Å². The maximum Gasteiger partial charge on any atom is 0.316 e. The summed E-state index contributed by atoms with van der Waals surface area (Å²) in [6.45, 7) is 0.450. The van der Waals surface area contributed by atoms with Crippen molar-refractivity contribution in [3.05, 3.63) is 65.2 Å². The van der Waals surface area contributed by atoms with E-state index >= 15 is 0 Å². The molecule has 0 saturated heterocycles. The van der Waals surface area contributed by atoms with Gasteiger partial charge in [-0.2, -0.15) is 0 Å². The third-order valence-corrected chi connectivity index (χ3v) is 4.12. The number of hydrogen-bond donors (Lipinski definition) is 0. The van der Waals surface area contributed by atoms with Gasteiger partial charge in [-0.1, -0.05) is 42.5 Å². The Labute approximate surface area is 135 Å². The molecule has 1 atom stereocenters. The van der Waals surface area contributed by atoms with Crippen LogP contribution in [-0.4, -0.2) is 18.9 Å². The van der Waals surface area contributed by atoms with E-state index in [4.69, 9.17) is 9.47 Å². The molecule has 2 aromatic rings. The maximum atomic E-state index is 12.5. The summed E-state index contributed by atoms with van der Waals surface area (Å²) in [6, 6.07) is 15.3. The van der Waals surface area contributed by atoms with Gasteiger partial charge in [0, 0.05) is 11.1 Å². The van der Waals surface area contributed by atoms with Crippen molar-refractivity contribution in [2.45, 2.75) is 19.4 Å². The minimum atomic E-state index is -0.697. The van der Waals surface area contributed by atoms with Crippen LogP contribution in [0, 0.1) is 5.92 Å². The van der Waals surface area contributed by atoms with Crippen molar-refractivity contribution in [1.82, 2.24) is 0 Å². The molecule has 4 nitrogen and oxygen atoms in total. The summed E-state index contributed by atoms with van der Waals surface area (Å²) in [5, 5.41) is 0. The molecule has 1 unspecified atom stereocenters. The molecule has 0 radical (unpaired) electrons. The largest absolute Gasteiger partial charge is 0.489 e. The van der Waals surface area contributed by atoms with E-state index in [2.05, 4.69) is 0 Å². The number of benzene rings is 2. The van der Waals surface area contributed by atoms with Gasteiger partial charge in [0.25, 0.3) is 0 Å². The number of Topliss-reactive ketones (excluding diaryl/α,β-unsaturated/α-hetero) is 1. The van der Waals surface area contributed by atoms with Crippen LogP contribution in [0.4, 0.5) is 0 Å². The topological polar surface area (TPSA) is 52.6 Å². The first-order valence-corrected chi connectivity index (χ1v) is 7.61. The number of methoxy groups -OCH3 is 1. The Hall–Kier alpha value is -2.62. The molecule has 0 N–H and O–H groups in total. The van der Waals surface area contributed by atoms with Crippen molar-refractivity contribution < 1.29 is 19.1 Å². The van der Waals surface area contributed by atoms with Gasteiger partial charge >= 0.3 is 5.97 Å². The van der Waals surface area contributed by atoms with Gasteiger partial charge in [-0.15, -0.1) is 0 Å². The maximum absolute atomic E-state index is 12.5. The zero-order valence-electron chi connectivity index (χ0n) is 13.0. The summed E-state index contributed by atoms with van der Waals surface area (Å²) in [5.74, 6) is -0.626. The highest BCUT2D eigenvalue weighted by Gasteiger charge is 2.34. The van der Waals surface area contributed by atoms with Crippen LogP contribution in [-0.2, 0) is 22.6 Å². The van der Waals surface area contributed by atoms with Crippen LogP contribution in [0.25, 0.3) is 0 Å². The van der Waals surface area contributed by atoms with Gasteiger partial charge in [0.05, 0.1) is 7.11 Å². The van der Waals surface area contributed by atoms with Crippen LogP contribution in [0.1, 0.15) is 27.9 Å². The highest BCUT2D eigenvalue weighted by molar-refractivity contribution is 6.10. The average Bonchev–Trinajstić information content (AvgIpc) is 2.60. The van der Waals surface area contributed by atoms with Gasteiger partial charge in [0.2, 0.25) is 0 Å². The van der Waals surface area contributed by atoms with Crippen LogP contribution in [0.5, 0.6) is 5.75 Å². The molecule has 0 saturated carbocycles. The van der Waals surface area contributed by atoms with Crippen molar-refractivity contribution in [2.24, 2.45) is 5.92 Å². The lowest BCUT2D eigenvalue weighted by molar-refractivity contribution is -0.143. The molecule has 23 heavy (non-hydrogen) atoms. The molecule has 0 fully saturated rings. The number of esters is 1. The highest BCUT2D eigenvalue weighted by atomic mass is 16.5. The van der Waals surface area contributed by atoms with E-state index in [9.17, 15) is 9.59 Å². The molecule has 0 bridgehead atoms. The van der Waals surface area contributed by atoms with Crippen molar-refractivity contribution in [2.75, 3.05) is 7.11 Å².